The van der Waals surface area contributed by atoms with Crippen LogP contribution in [-0.2, 0) is 23.8 Å². The lowest BCUT2D eigenvalue weighted by molar-refractivity contribution is -0.142. The Morgan fingerprint density at radius 1 is 0.961 bits per heavy atom. The van der Waals surface area contributed by atoms with E-state index in [0.29, 0.717) is 61.4 Å². The molecule has 2 aliphatic carbocycles. The molecule has 0 spiro atoms. The third-order valence-electron chi connectivity index (χ3n) is 11.2. The van der Waals surface area contributed by atoms with Gasteiger partial charge >= 0.3 is 12.1 Å². The average Bonchev–Trinajstić information content (AvgIpc) is 3.89. The van der Waals surface area contributed by atoms with Crippen LogP contribution in [0.15, 0.2) is 28.7 Å². The topological polar surface area (TPSA) is 136 Å². The van der Waals surface area contributed by atoms with E-state index in [2.05, 4.69) is 10.6 Å². The Balaban J connectivity index is 1.11. The maximum Gasteiger partial charge on any atom is 0.407 e. The predicted octanol–water partition coefficient (Wildman–Crippen LogP) is 7.17. The minimum absolute atomic E-state index is 0.0137. The number of amides is 3. The van der Waals surface area contributed by atoms with Gasteiger partial charge in [0.1, 0.15) is 30.5 Å². The summed E-state index contributed by atoms with van der Waals surface area (Å²) >= 11 is 0. The molecule has 12 heteroatoms. The maximum atomic E-state index is 14.2. The molecule has 6 rings (SSSR count). The number of ether oxygens (including phenoxy) is 3. The number of rotatable bonds is 10. The van der Waals surface area contributed by atoms with Gasteiger partial charge < -0.3 is 34.2 Å². The Kier molecular flexibility index (Phi) is 11.9. The summed E-state index contributed by atoms with van der Waals surface area (Å²) in [4.78, 5) is 55.2. The first-order valence-electron chi connectivity index (χ1n) is 19.0. The molecule has 4 atom stereocenters. The molecule has 2 aromatic rings. The molecule has 280 valence electrons. The second-order valence-electron chi connectivity index (χ2n) is 15.9. The Hall–Kier alpha value is -3.67. The highest BCUT2D eigenvalue weighted by Gasteiger charge is 2.47. The zero-order chi connectivity index (χ0) is 36.1. The number of furan rings is 1. The fraction of sp³-hybridized carbons (Fsp3) is 0.692. The van der Waals surface area contributed by atoms with Gasteiger partial charge in [0.25, 0.3) is 0 Å². The number of hydrogen-bond acceptors (Lipinski definition) is 8. The summed E-state index contributed by atoms with van der Waals surface area (Å²) in [5.41, 5.74) is 0.380. The van der Waals surface area contributed by atoms with Crippen LogP contribution in [-0.4, -0.2) is 79.0 Å². The van der Waals surface area contributed by atoms with Crippen LogP contribution < -0.4 is 10.6 Å². The predicted molar refractivity (Wildman–Crippen MR) is 189 cm³/mol. The van der Waals surface area contributed by atoms with E-state index in [0.717, 1.165) is 44.9 Å². The number of esters is 1. The molecule has 3 heterocycles. The molecule has 4 aliphatic rings. The number of anilines is 1. The van der Waals surface area contributed by atoms with Crippen molar-refractivity contribution in [2.75, 3.05) is 31.7 Å². The summed E-state index contributed by atoms with van der Waals surface area (Å²) in [5, 5.41) is 6.45. The molecule has 2 saturated heterocycles. The number of benzene rings is 1. The average molecular weight is 712 g/mol. The van der Waals surface area contributed by atoms with E-state index in [4.69, 9.17) is 18.6 Å². The van der Waals surface area contributed by atoms with E-state index in [1.165, 1.54) is 6.42 Å². The van der Waals surface area contributed by atoms with Crippen LogP contribution in [0.3, 0.4) is 0 Å². The quantitative estimate of drug-likeness (QED) is 0.248. The third-order valence-corrected chi connectivity index (χ3v) is 11.2. The van der Waals surface area contributed by atoms with Gasteiger partial charge in [0.15, 0.2) is 0 Å². The first-order chi connectivity index (χ1) is 24.5. The van der Waals surface area contributed by atoms with Crippen molar-refractivity contribution in [2.24, 2.45) is 23.7 Å². The first-order valence-corrected chi connectivity index (χ1v) is 19.0. The van der Waals surface area contributed by atoms with E-state index < -0.39 is 36.4 Å². The van der Waals surface area contributed by atoms with Gasteiger partial charge in [0.05, 0.1) is 12.1 Å². The Morgan fingerprint density at radius 2 is 1.73 bits per heavy atom. The fourth-order valence-corrected chi connectivity index (χ4v) is 8.65. The number of carbonyl (C=O) groups excluding carboxylic acids is 4. The van der Waals surface area contributed by atoms with E-state index in [1.54, 1.807) is 45.0 Å². The molecule has 0 radical (unpaired) electrons. The first kappa shape index (κ1) is 37.1. The van der Waals surface area contributed by atoms with Crippen LogP contribution in [0.5, 0.6) is 0 Å². The molecule has 2 N–H and O–H groups in total. The molecule has 4 fully saturated rings. The van der Waals surface area contributed by atoms with Gasteiger partial charge in [0, 0.05) is 30.1 Å². The van der Waals surface area contributed by atoms with Crippen LogP contribution in [0.25, 0.3) is 11.0 Å². The summed E-state index contributed by atoms with van der Waals surface area (Å²) in [6, 6.07) is 5.60. The van der Waals surface area contributed by atoms with Crippen molar-refractivity contribution < 1.29 is 42.2 Å². The van der Waals surface area contributed by atoms with Gasteiger partial charge in [0.2, 0.25) is 17.6 Å². The van der Waals surface area contributed by atoms with Crippen LogP contribution in [0.2, 0.25) is 0 Å². The number of nitrogens with one attached hydrogen (secondary N) is 2. The van der Waals surface area contributed by atoms with E-state index in [1.807, 2.05) is 4.90 Å². The van der Waals surface area contributed by atoms with Gasteiger partial charge in [-0.25, -0.2) is 14.0 Å². The highest BCUT2D eigenvalue weighted by molar-refractivity contribution is 6.00. The summed E-state index contributed by atoms with van der Waals surface area (Å²) in [7, 11) is 0. The maximum absolute atomic E-state index is 14.2. The van der Waals surface area contributed by atoms with Crippen LogP contribution >= 0.6 is 0 Å². The van der Waals surface area contributed by atoms with Crippen molar-refractivity contribution in [3.63, 3.8) is 0 Å². The lowest BCUT2D eigenvalue weighted by atomic mass is 9.76. The molecular formula is C39H54FN3O8. The zero-order valence-electron chi connectivity index (χ0n) is 30.3. The van der Waals surface area contributed by atoms with Gasteiger partial charge in [-0.15, -0.1) is 0 Å². The molecular weight excluding hydrogens is 657 g/mol. The van der Waals surface area contributed by atoms with E-state index in [-0.39, 0.29) is 48.0 Å². The summed E-state index contributed by atoms with van der Waals surface area (Å²) < 4.78 is 36.1. The van der Waals surface area contributed by atoms with Gasteiger partial charge in [-0.05, 0) is 108 Å². The van der Waals surface area contributed by atoms with Crippen molar-refractivity contribution in [2.45, 2.75) is 122 Å². The number of halogens is 1. The molecule has 2 aliphatic heterocycles. The third kappa shape index (κ3) is 9.23. The van der Waals surface area contributed by atoms with Crippen molar-refractivity contribution in [3.05, 3.63) is 30.0 Å². The van der Waals surface area contributed by atoms with Crippen LogP contribution in [0, 0.1) is 23.7 Å². The molecule has 51 heavy (non-hydrogen) atoms. The summed E-state index contributed by atoms with van der Waals surface area (Å²) in [6.45, 7) is 5.98. The van der Waals surface area contributed by atoms with Crippen molar-refractivity contribution in [1.82, 2.24) is 10.2 Å². The van der Waals surface area contributed by atoms with Crippen molar-refractivity contribution in [1.29, 1.82) is 0 Å². The number of likely N-dealkylation sites (tertiary alicyclic amines) is 1. The van der Waals surface area contributed by atoms with Gasteiger partial charge in [-0.1, -0.05) is 32.1 Å². The molecule has 3 amide bonds. The summed E-state index contributed by atoms with van der Waals surface area (Å²) in [6.07, 6.45) is 9.82. The monoisotopic (exact) mass is 711 g/mol. The molecule has 2 saturated carbocycles. The Bertz CT molecular complexity index is 1530. The minimum atomic E-state index is -0.703. The molecule has 2 unspecified atom stereocenters. The van der Waals surface area contributed by atoms with Crippen LogP contribution in [0.4, 0.5) is 14.9 Å². The van der Waals surface area contributed by atoms with E-state index in [9.17, 15) is 23.6 Å². The number of nitrogens with zero attached hydrogens (tertiary/aromatic N) is 1. The zero-order valence-corrected chi connectivity index (χ0v) is 30.3. The number of hydrogen-bond donors (Lipinski definition) is 2. The van der Waals surface area contributed by atoms with E-state index >= 15 is 0 Å². The molecule has 11 nitrogen and oxygen atoms in total. The fourth-order valence-electron chi connectivity index (χ4n) is 8.65. The Morgan fingerprint density at radius 3 is 2.41 bits per heavy atom. The minimum Gasteiger partial charge on any atom is -0.457 e. The molecule has 1 aromatic carbocycles. The lowest BCUT2D eigenvalue weighted by Gasteiger charge is -2.37. The van der Waals surface area contributed by atoms with Crippen molar-refractivity contribution in [3.8, 4) is 0 Å². The van der Waals surface area contributed by atoms with Gasteiger partial charge in [-0.3, -0.25) is 9.59 Å². The number of carbonyl (C=O) groups is 4. The number of alkyl halides is 1. The number of alkyl carbamates (subject to hydrolysis) is 1. The number of fused-ring (bicyclic) bond motifs is 1. The molecule has 1 aromatic heterocycles. The highest BCUT2D eigenvalue weighted by Crippen LogP contribution is 2.41. The largest absolute Gasteiger partial charge is 0.457 e. The van der Waals surface area contributed by atoms with Crippen LogP contribution in [0.1, 0.15) is 108 Å². The highest BCUT2D eigenvalue weighted by atomic mass is 19.1. The second-order valence-corrected chi connectivity index (χ2v) is 15.9. The Labute approximate surface area is 299 Å². The lowest BCUT2D eigenvalue weighted by Crippen LogP contribution is -2.50. The second kappa shape index (κ2) is 16.3. The summed E-state index contributed by atoms with van der Waals surface area (Å²) in [5.74, 6) is -0.594. The van der Waals surface area contributed by atoms with Crippen molar-refractivity contribution >= 4 is 40.5 Å². The molecule has 0 bridgehead atoms. The van der Waals surface area contributed by atoms with Gasteiger partial charge in [-0.2, -0.15) is 0 Å². The SMILES string of the molecule is CC(C)(C)OC(=O)NC(CF)C1CCC(C(=O)N2CC[C@@H](C3CCCCC3)[C@H]2C(=O)Nc2ccc3oc(C(=O)OCC4CCCO4)cc3c2)CC1. The smallest absolute Gasteiger partial charge is 0.407 e. The normalized spacial score (nSPS) is 26.5. The standard InChI is InChI=1S/C39H54FN3O8/c1-39(2,3)51-38(47)42-31(22-40)25-11-13-26(14-12-25)36(45)43-18-17-30(24-8-5-4-6-9-24)34(43)35(44)41-28-15-16-32-27(20-28)21-33(50-32)37(46)49-23-29-10-7-19-48-29/h15-16,20-21,24-26,29-31,34H,4-14,17-19,22-23H2,1-3H3,(H,41,44)(H,42,47)/t25?,26?,29?,30-,31?,34-/m0/s1.